The maximum atomic E-state index is 13.4. The van der Waals surface area contributed by atoms with E-state index in [9.17, 15) is 13.2 Å². The van der Waals surface area contributed by atoms with Crippen LogP contribution in [0.1, 0.15) is 18.4 Å². The van der Waals surface area contributed by atoms with Gasteiger partial charge in [0.1, 0.15) is 16.4 Å². The molecule has 1 amide bonds. The van der Waals surface area contributed by atoms with Crippen LogP contribution in [0, 0.1) is 12.8 Å². The van der Waals surface area contributed by atoms with Gasteiger partial charge in [0.05, 0.1) is 25.8 Å². The zero-order chi connectivity index (χ0) is 24.3. The molecule has 184 valence electrons. The molecule has 2 fully saturated rings. The van der Waals surface area contributed by atoms with E-state index in [0.717, 1.165) is 17.0 Å². The Kier molecular flexibility index (Phi) is 7.33. The molecule has 0 unspecified atom stereocenters. The number of methoxy groups -OCH3 is 2. The first-order valence-corrected chi connectivity index (χ1v) is 13.1. The van der Waals surface area contributed by atoms with Crippen LogP contribution in [0.2, 0.25) is 0 Å². The number of anilines is 1. The number of para-hydroxylation sites is 2. The van der Waals surface area contributed by atoms with Crippen molar-refractivity contribution >= 4 is 21.6 Å². The van der Waals surface area contributed by atoms with Crippen molar-refractivity contribution in [3.63, 3.8) is 0 Å². The number of aryl methyl sites for hydroxylation is 1. The topological polar surface area (TPSA) is 79.4 Å². The van der Waals surface area contributed by atoms with Crippen molar-refractivity contribution in [2.45, 2.75) is 24.7 Å². The molecule has 0 saturated carbocycles. The van der Waals surface area contributed by atoms with E-state index in [-0.39, 0.29) is 23.3 Å². The smallest absolute Gasteiger partial charge is 0.246 e. The van der Waals surface area contributed by atoms with Crippen molar-refractivity contribution in [1.82, 2.24) is 9.21 Å². The van der Waals surface area contributed by atoms with Gasteiger partial charge in [-0.1, -0.05) is 18.2 Å². The molecule has 0 spiro atoms. The Hall–Kier alpha value is -2.78. The van der Waals surface area contributed by atoms with E-state index >= 15 is 0 Å². The van der Waals surface area contributed by atoms with E-state index in [4.69, 9.17) is 9.47 Å². The number of nitrogens with zero attached hydrogens (tertiary/aromatic N) is 3. The van der Waals surface area contributed by atoms with Gasteiger partial charge in [0.2, 0.25) is 15.9 Å². The van der Waals surface area contributed by atoms with Crippen LogP contribution in [0.5, 0.6) is 11.5 Å². The Labute approximate surface area is 202 Å². The highest BCUT2D eigenvalue weighted by Gasteiger charge is 2.37. The van der Waals surface area contributed by atoms with Crippen LogP contribution >= 0.6 is 0 Å². The zero-order valence-electron chi connectivity index (χ0n) is 20.1. The summed E-state index contributed by atoms with van der Waals surface area (Å²) in [6, 6.07) is 13.0. The monoisotopic (exact) mass is 487 g/mol. The molecule has 2 aromatic carbocycles. The Morgan fingerprint density at radius 3 is 2.35 bits per heavy atom. The molecular weight excluding hydrogens is 454 g/mol. The minimum absolute atomic E-state index is 0.0378. The highest BCUT2D eigenvalue weighted by atomic mass is 32.2. The van der Waals surface area contributed by atoms with Crippen LogP contribution < -0.4 is 14.4 Å². The summed E-state index contributed by atoms with van der Waals surface area (Å²) in [7, 11) is -0.632. The molecule has 4 rings (SSSR count). The number of carbonyl (C=O) groups is 1. The molecule has 0 aliphatic carbocycles. The standard InChI is InChI=1S/C25H33N3O5S/c1-19-10-11-23(33-3)24(17-19)34(30,31)28-12-6-7-20(18-28)25(29)27-15-13-26(14-16-27)21-8-4-5-9-22(21)32-2/h4-5,8-11,17,20H,6-7,12-16,18H2,1-3H3/t20-/m1/s1. The van der Waals surface area contributed by atoms with Crippen molar-refractivity contribution in [1.29, 1.82) is 0 Å². The van der Waals surface area contributed by atoms with Gasteiger partial charge in [0, 0.05) is 39.3 Å². The summed E-state index contributed by atoms with van der Waals surface area (Å²) in [5.41, 5.74) is 1.87. The predicted octanol–water partition coefficient (Wildman–Crippen LogP) is 2.76. The van der Waals surface area contributed by atoms with Gasteiger partial charge in [-0.05, 0) is 49.6 Å². The van der Waals surface area contributed by atoms with E-state index < -0.39 is 10.0 Å². The molecular formula is C25H33N3O5S. The van der Waals surface area contributed by atoms with Gasteiger partial charge in [-0.2, -0.15) is 4.31 Å². The lowest BCUT2D eigenvalue weighted by Gasteiger charge is -2.39. The van der Waals surface area contributed by atoms with Crippen LogP contribution in [0.15, 0.2) is 47.4 Å². The van der Waals surface area contributed by atoms with Crippen molar-refractivity contribution in [2.24, 2.45) is 5.92 Å². The second-order valence-corrected chi connectivity index (χ2v) is 10.7. The number of hydrogen-bond donors (Lipinski definition) is 0. The second kappa shape index (κ2) is 10.2. The number of hydrogen-bond acceptors (Lipinski definition) is 6. The van der Waals surface area contributed by atoms with Gasteiger partial charge in [0.15, 0.2) is 0 Å². The minimum atomic E-state index is -3.76. The van der Waals surface area contributed by atoms with Crippen LogP contribution in [-0.4, -0.2) is 77.0 Å². The normalized spacial score (nSPS) is 19.7. The third kappa shape index (κ3) is 4.86. The van der Waals surface area contributed by atoms with Crippen LogP contribution in [0.3, 0.4) is 0 Å². The summed E-state index contributed by atoms with van der Waals surface area (Å²) in [6.45, 7) is 5.09. The molecule has 2 aliphatic rings. The summed E-state index contributed by atoms with van der Waals surface area (Å²) in [5.74, 6) is 0.849. The lowest BCUT2D eigenvalue weighted by molar-refractivity contribution is -0.137. The molecule has 2 aromatic rings. The van der Waals surface area contributed by atoms with Crippen LogP contribution in [0.4, 0.5) is 5.69 Å². The number of carbonyl (C=O) groups excluding carboxylic acids is 1. The SMILES string of the molecule is COc1ccccc1N1CCN(C(=O)[C@@H]2CCCN(S(=O)(=O)c3cc(C)ccc3OC)C2)CC1. The summed E-state index contributed by atoms with van der Waals surface area (Å²) in [5, 5.41) is 0. The summed E-state index contributed by atoms with van der Waals surface area (Å²) in [6.07, 6.45) is 1.35. The number of ether oxygens (including phenoxy) is 2. The molecule has 2 aliphatic heterocycles. The molecule has 2 saturated heterocycles. The number of amides is 1. The first-order valence-electron chi connectivity index (χ1n) is 11.7. The fourth-order valence-electron chi connectivity index (χ4n) is 4.80. The van der Waals surface area contributed by atoms with E-state index in [1.54, 1.807) is 19.2 Å². The van der Waals surface area contributed by atoms with E-state index in [2.05, 4.69) is 4.90 Å². The molecule has 9 heteroatoms. The van der Waals surface area contributed by atoms with Crippen molar-refractivity contribution in [3.05, 3.63) is 48.0 Å². The van der Waals surface area contributed by atoms with E-state index in [0.29, 0.717) is 51.3 Å². The van der Waals surface area contributed by atoms with Gasteiger partial charge in [-0.25, -0.2) is 8.42 Å². The third-order valence-corrected chi connectivity index (χ3v) is 8.57. The number of rotatable bonds is 6. The van der Waals surface area contributed by atoms with Crippen LogP contribution in [-0.2, 0) is 14.8 Å². The van der Waals surface area contributed by atoms with Gasteiger partial charge < -0.3 is 19.3 Å². The number of piperazine rings is 1. The fraction of sp³-hybridized carbons (Fsp3) is 0.480. The fourth-order valence-corrected chi connectivity index (χ4v) is 6.57. The summed E-state index contributed by atoms with van der Waals surface area (Å²) in [4.78, 5) is 17.6. The maximum absolute atomic E-state index is 13.4. The molecule has 0 N–H and O–H groups in total. The Morgan fingerprint density at radius 2 is 1.65 bits per heavy atom. The quantitative estimate of drug-likeness (QED) is 0.624. The second-order valence-electron chi connectivity index (χ2n) is 8.84. The average molecular weight is 488 g/mol. The van der Waals surface area contributed by atoms with Gasteiger partial charge in [-0.3, -0.25) is 4.79 Å². The predicted molar refractivity (Wildman–Crippen MR) is 131 cm³/mol. The summed E-state index contributed by atoms with van der Waals surface area (Å²) < 4.78 is 39.1. The Morgan fingerprint density at radius 1 is 0.941 bits per heavy atom. The van der Waals surface area contributed by atoms with Gasteiger partial charge >= 0.3 is 0 Å². The van der Waals surface area contributed by atoms with Crippen molar-refractivity contribution in [2.75, 3.05) is 58.4 Å². The first-order chi connectivity index (χ1) is 16.3. The third-order valence-electron chi connectivity index (χ3n) is 6.69. The highest BCUT2D eigenvalue weighted by Crippen LogP contribution is 2.32. The Balaban J connectivity index is 1.43. The molecule has 0 bridgehead atoms. The van der Waals surface area contributed by atoms with E-state index in [1.165, 1.54) is 11.4 Å². The highest BCUT2D eigenvalue weighted by molar-refractivity contribution is 7.89. The molecule has 1 atom stereocenters. The lowest BCUT2D eigenvalue weighted by atomic mass is 9.97. The number of piperidine rings is 1. The molecule has 8 nitrogen and oxygen atoms in total. The first kappa shape index (κ1) is 24.3. The largest absolute Gasteiger partial charge is 0.495 e. The number of sulfonamides is 1. The van der Waals surface area contributed by atoms with Crippen molar-refractivity contribution < 1.29 is 22.7 Å². The van der Waals surface area contributed by atoms with Crippen molar-refractivity contribution in [3.8, 4) is 11.5 Å². The molecule has 34 heavy (non-hydrogen) atoms. The minimum Gasteiger partial charge on any atom is -0.495 e. The van der Waals surface area contributed by atoms with Gasteiger partial charge in [0.25, 0.3) is 0 Å². The summed E-state index contributed by atoms with van der Waals surface area (Å²) >= 11 is 0. The van der Waals surface area contributed by atoms with E-state index in [1.807, 2.05) is 42.2 Å². The maximum Gasteiger partial charge on any atom is 0.246 e. The molecule has 2 heterocycles. The lowest BCUT2D eigenvalue weighted by Crippen LogP contribution is -2.53. The Bertz CT molecular complexity index is 1130. The van der Waals surface area contributed by atoms with Crippen LogP contribution in [0.25, 0.3) is 0 Å². The van der Waals surface area contributed by atoms with Gasteiger partial charge in [-0.15, -0.1) is 0 Å². The molecule has 0 radical (unpaired) electrons. The zero-order valence-corrected chi connectivity index (χ0v) is 20.9. The average Bonchev–Trinajstić information content (AvgIpc) is 2.88. The number of benzene rings is 2. The molecule has 0 aromatic heterocycles.